The molecule has 0 bridgehead atoms. The van der Waals surface area contributed by atoms with Crippen molar-refractivity contribution in [3.05, 3.63) is 27.6 Å². The molecule has 1 aromatic rings. The minimum Gasteiger partial charge on any atom is -0.480 e. The summed E-state index contributed by atoms with van der Waals surface area (Å²) < 4.78 is 17.9. The Morgan fingerprint density at radius 1 is 1.41 bits per heavy atom. The Morgan fingerprint density at radius 2 is 2.12 bits per heavy atom. The van der Waals surface area contributed by atoms with E-state index in [9.17, 15) is 14.0 Å². The van der Waals surface area contributed by atoms with Crippen LogP contribution in [0.5, 0.6) is 0 Å². The number of carbonyl (C=O) groups excluding carboxylic acids is 1. The summed E-state index contributed by atoms with van der Waals surface area (Å²) in [6, 6.07) is 3.91. The monoisotopic (exact) mass is 353 g/mol. The predicted molar refractivity (Wildman–Crippen MR) is 66.2 cm³/mol. The second kappa shape index (κ2) is 6.50. The van der Waals surface area contributed by atoms with Crippen LogP contribution in [0.2, 0.25) is 0 Å². The Bertz CT molecular complexity index is 438. The molecule has 92 valence electrons. The zero-order valence-corrected chi connectivity index (χ0v) is 10.7. The average molecular weight is 353 g/mol. The molecule has 2 N–H and O–H groups in total. The Morgan fingerprint density at radius 3 is 2.71 bits per heavy atom. The van der Waals surface area contributed by atoms with Crippen LogP contribution in [-0.4, -0.2) is 30.2 Å². The van der Waals surface area contributed by atoms with Crippen LogP contribution in [0, 0.1) is 9.39 Å². The fraction of sp³-hybridized carbons (Fsp3) is 0.200. The second-order valence-electron chi connectivity index (χ2n) is 3.06. The van der Waals surface area contributed by atoms with Crippen molar-refractivity contribution < 1.29 is 23.8 Å². The van der Waals surface area contributed by atoms with Gasteiger partial charge in [-0.2, -0.15) is 0 Å². The van der Waals surface area contributed by atoms with Crippen LogP contribution in [0.25, 0.3) is 0 Å². The number of benzene rings is 1. The van der Waals surface area contributed by atoms with Crippen molar-refractivity contribution in [3.63, 3.8) is 0 Å². The maximum absolute atomic E-state index is 12.8. The van der Waals surface area contributed by atoms with Gasteiger partial charge in [-0.1, -0.05) is 0 Å². The summed E-state index contributed by atoms with van der Waals surface area (Å²) in [5.74, 6) is -2.03. The third-order valence-corrected chi connectivity index (χ3v) is 2.56. The van der Waals surface area contributed by atoms with Gasteiger partial charge in [0.1, 0.15) is 19.0 Å². The lowest BCUT2D eigenvalue weighted by atomic mass is 10.3. The van der Waals surface area contributed by atoms with Crippen LogP contribution in [0.1, 0.15) is 0 Å². The maximum Gasteiger partial charge on any atom is 0.329 e. The van der Waals surface area contributed by atoms with Crippen molar-refractivity contribution in [3.8, 4) is 0 Å². The van der Waals surface area contributed by atoms with Crippen molar-refractivity contribution in [1.29, 1.82) is 0 Å². The first-order chi connectivity index (χ1) is 7.99. The fourth-order valence-corrected chi connectivity index (χ4v) is 1.62. The molecule has 0 aliphatic rings. The molecule has 7 heteroatoms. The Balaban J connectivity index is 2.48. The van der Waals surface area contributed by atoms with E-state index >= 15 is 0 Å². The average Bonchev–Trinajstić information content (AvgIpc) is 2.21. The van der Waals surface area contributed by atoms with Crippen molar-refractivity contribution in [2.24, 2.45) is 0 Å². The zero-order valence-electron chi connectivity index (χ0n) is 8.57. The fourth-order valence-electron chi connectivity index (χ4n) is 1.01. The SMILES string of the molecule is O=C(O)COCC(=O)Nc1ccc(F)cc1I. The highest BCUT2D eigenvalue weighted by atomic mass is 127. The predicted octanol–water partition coefficient (Wildman–Crippen LogP) is 1.47. The molecule has 1 rings (SSSR count). The smallest absolute Gasteiger partial charge is 0.329 e. The number of carboxylic acids is 1. The number of nitrogens with one attached hydrogen (secondary N) is 1. The van der Waals surface area contributed by atoms with E-state index in [0.717, 1.165) is 0 Å². The Labute approximate surface area is 110 Å². The summed E-state index contributed by atoms with van der Waals surface area (Å²) in [7, 11) is 0. The van der Waals surface area contributed by atoms with Crippen LogP contribution in [0.3, 0.4) is 0 Å². The minimum absolute atomic E-state index is 0.361. The van der Waals surface area contributed by atoms with Crippen LogP contribution in [0.4, 0.5) is 10.1 Å². The molecule has 5 nitrogen and oxygen atoms in total. The number of halogens is 2. The quantitative estimate of drug-likeness (QED) is 0.787. The minimum atomic E-state index is -1.14. The van der Waals surface area contributed by atoms with Gasteiger partial charge in [-0.3, -0.25) is 4.79 Å². The summed E-state index contributed by atoms with van der Waals surface area (Å²) in [6.45, 7) is -0.895. The van der Waals surface area contributed by atoms with Crippen molar-refractivity contribution >= 4 is 40.2 Å². The summed E-state index contributed by atoms with van der Waals surface area (Å²) >= 11 is 1.88. The molecule has 0 unspecified atom stereocenters. The molecule has 0 spiro atoms. The van der Waals surface area contributed by atoms with Crippen LogP contribution in [0.15, 0.2) is 18.2 Å². The molecule has 1 amide bonds. The standard InChI is InChI=1S/C10H9FINO4/c11-6-1-2-8(7(12)3-6)13-9(14)4-17-5-10(15)16/h1-3H,4-5H2,(H,13,14)(H,15,16). The summed E-state index contributed by atoms with van der Waals surface area (Å²) in [4.78, 5) is 21.4. The van der Waals surface area contributed by atoms with E-state index in [1.54, 1.807) is 0 Å². The largest absolute Gasteiger partial charge is 0.480 e. The van der Waals surface area contributed by atoms with Crippen molar-refractivity contribution in [1.82, 2.24) is 0 Å². The molecular formula is C10H9FINO4. The highest BCUT2D eigenvalue weighted by Crippen LogP contribution is 2.18. The van der Waals surface area contributed by atoms with Gasteiger partial charge in [0, 0.05) is 3.57 Å². The number of rotatable bonds is 5. The number of carbonyl (C=O) groups is 2. The number of anilines is 1. The zero-order chi connectivity index (χ0) is 12.8. The molecule has 0 heterocycles. The number of aliphatic carboxylic acids is 1. The highest BCUT2D eigenvalue weighted by molar-refractivity contribution is 14.1. The first-order valence-corrected chi connectivity index (χ1v) is 5.61. The number of ether oxygens (including phenoxy) is 1. The number of hydrogen-bond donors (Lipinski definition) is 2. The van der Waals surface area contributed by atoms with Gasteiger partial charge in [0.15, 0.2) is 0 Å². The summed E-state index contributed by atoms with van der Waals surface area (Å²) in [6.07, 6.45) is 0. The van der Waals surface area contributed by atoms with Gasteiger partial charge in [-0.05, 0) is 40.8 Å². The van der Waals surface area contributed by atoms with Gasteiger partial charge in [0.05, 0.1) is 5.69 Å². The summed E-state index contributed by atoms with van der Waals surface area (Å²) in [5, 5.41) is 10.8. The van der Waals surface area contributed by atoms with E-state index in [1.807, 2.05) is 22.6 Å². The summed E-state index contributed by atoms with van der Waals surface area (Å²) in [5.41, 5.74) is 0.455. The number of amides is 1. The van der Waals surface area contributed by atoms with E-state index in [-0.39, 0.29) is 6.61 Å². The van der Waals surface area contributed by atoms with E-state index in [0.29, 0.717) is 9.26 Å². The van der Waals surface area contributed by atoms with Gasteiger partial charge in [-0.25, -0.2) is 9.18 Å². The van der Waals surface area contributed by atoms with Crippen LogP contribution < -0.4 is 5.32 Å². The lowest BCUT2D eigenvalue weighted by Gasteiger charge is -2.07. The Kier molecular flexibility index (Phi) is 5.29. The number of hydrogen-bond acceptors (Lipinski definition) is 3. The highest BCUT2D eigenvalue weighted by Gasteiger charge is 2.07. The molecule has 0 aromatic heterocycles. The third-order valence-electron chi connectivity index (χ3n) is 1.66. The van der Waals surface area contributed by atoms with Gasteiger partial charge in [0.25, 0.3) is 0 Å². The van der Waals surface area contributed by atoms with E-state index in [2.05, 4.69) is 10.1 Å². The number of carboxylic acid groups (broad SMARTS) is 1. The van der Waals surface area contributed by atoms with Crippen molar-refractivity contribution in [2.45, 2.75) is 0 Å². The van der Waals surface area contributed by atoms with Crippen LogP contribution >= 0.6 is 22.6 Å². The molecular weight excluding hydrogens is 344 g/mol. The van der Waals surface area contributed by atoms with Gasteiger partial charge >= 0.3 is 5.97 Å². The molecule has 0 atom stereocenters. The second-order valence-corrected chi connectivity index (χ2v) is 4.22. The lowest BCUT2D eigenvalue weighted by molar-refractivity contribution is -0.143. The van der Waals surface area contributed by atoms with E-state index in [4.69, 9.17) is 5.11 Å². The molecule has 0 fully saturated rings. The molecule has 0 aliphatic carbocycles. The van der Waals surface area contributed by atoms with Gasteiger partial charge in [-0.15, -0.1) is 0 Å². The first kappa shape index (κ1) is 13.8. The molecule has 0 aliphatic heterocycles. The topological polar surface area (TPSA) is 75.6 Å². The van der Waals surface area contributed by atoms with Gasteiger partial charge in [0.2, 0.25) is 5.91 Å². The molecule has 0 radical (unpaired) electrons. The van der Waals surface area contributed by atoms with Crippen LogP contribution in [-0.2, 0) is 14.3 Å². The Hall–Kier alpha value is -1.22. The maximum atomic E-state index is 12.8. The third kappa shape index (κ3) is 5.09. The molecule has 17 heavy (non-hydrogen) atoms. The molecule has 1 aromatic carbocycles. The van der Waals surface area contributed by atoms with E-state index in [1.165, 1.54) is 18.2 Å². The molecule has 0 saturated heterocycles. The lowest BCUT2D eigenvalue weighted by Crippen LogP contribution is -2.21. The van der Waals surface area contributed by atoms with Gasteiger partial charge < -0.3 is 15.2 Å². The molecule has 0 saturated carbocycles. The normalized spacial score (nSPS) is 10.0. The van der Waals surface area contributed by atoms with E-state index < -0.39 is 24.3 Å². The first-order valence-electron chi connectivity index (χ1n) is 4.53. The van der Waals surface area contributed by atoms with Crippen molar-refractivity contribution in [2.75, 3.05) is 18.5 Å².